The number of pyridine rings is 1. The van der Waals surface area contributed by atoms with Crippen LogP contribution in [-0.2, 0) is 17.6 Å². The molecule has 4 nitrogen and oxygen atoms in total. The molecule has 1 N–H and O–H groups in total. The number of anilines is 1. The number of carbonyl (C=O) groups excluding carboxylic acids is 1. The van der Waals surface area contributed by atoms with Crippen molar-refractivity contribution in [1.29, 1.82) is 5.26 Å². The van der Waals surface area contributed by atoms with Crippen LogP contribution in [0.2, 0.25) is 10.0 Å². The van der Waals surface area contributed by atoms with Gasteiger partial charge in [0.1, 0.15) is 0 Å². The van der Waals surface area contributed by atoms with Gasteiger partial charge in [0.15, 0.2) is 0 Å². The van der Waals surface area contributed by atoms with Crippen molar-refractivity contribution in [1.82, 2.24) is 4.98 Å². The fraction of sp³-hybridized carbons (Fsp3) is 0.240. The average molecular weight is 484 g/mol. The monoisotopic (exact) mass is 483 g/mol. The maximum absolute atomic E-state index is 12.4. The summed E-state index contributed by atoms with van der Waals surface area (Å²) in [4.78, 5) is 17.8. The molecule has 0 saturated heterocycles. The van der Waals surface area contributed by atoms with Crippen LogP contribution in [-0.4, -0.2) is 17.1 Å². The molecule has 0 aliphatic heterocycles. The van der Waals surface area contributed by atoms with E-state index < -0.39 is 0 Å². The molecular formula is C25H23Cl2N3OS. The van der Waals surface area contributed by atoms with Crippen LogP contribution in [0, 0.1) is 17.2 Å². The van der Waals surface area contributed by atoms with E-state index >= 15 is 0 Å². The number of hydrogen-bond donors (Lipinski definition) is 1. The number of nitrogens with zero attached hydrogens (tertiary/aromatic N) is 2. The quantitative estimate of drug-likeness (QED) is 0.366. The zero-order valence-corrected chi connectivity index (χ0v) is 20.4. The summed E-state index contributed by atoms with van der Waals surface area (Å²) in [5, 5.41) is 13.2. The highest BCUT2D eigenvalue weighted by molar-refractivity contribution is 7.98. The van der Waals surface area contributed by atoms with Crippen molar-refractivity contribution >= 4 is 46.6 Å². The Kier molecular flexibility index (Phi) is 8.20. The van der Waals surface area contributed by atoms with E-state index in [-0.39, 0.29) is 12.3 Å². The number of nitrogens with one attached hydrogen (secondary N) is 1. The Bertz CT molecular complexity index is 1150. The number of carbonyl (C=O) groups is 1. The van der Waals surface area contributed by atoms with Crippen molar-refractivity contribution in [3.8, 4) is 17.2 Å². The number of benzene rings is 2. The van der Waals surface area contributed by atoms with Crippen molar-refractivity contribution in [3.63, 3.8) is 0 Å². The second kappa shape index (κ2) is 10.9. The van der Waals surface area contributed by atoms with Crippen LogP contribution >= 0.6 is 35.0 Å². The third kappa shape index (κ3) is 6.04. The molecule has 0 aliphatic rings. The minimum absolute atomic E-state index is 0.147. The molecule has 2 aromatic carbocycles. The molecule has 0 unspecified atom stereocenters. The van der Waals surface area contributed by atoms with Gasteiger partial charge in [0.05, 0.1) is 28.1 Å². The van der Waals surface area contributed by atoms with E-state index in [1.165, 1.54) is 0 Å². The summed E-state index contributed by atoms with van der Waals surface area (Å²) in [6.45, 7) is 4.23. The highest BCUT2D eigenvalue weighted by Gasteiger charge is 2.15. The Morgan fingerprint density at radius 1 is 1.16 bits per heavy atom. The number of amides is 1. The van der Waals surface area contributed by atoms with E-state index in [9.17, 15) is 10.1 Å². The molecule has 0 bridgehead atoms. The topological polar surface area (TPSA) is 65.8 Å². The van der Waals surface area contributed by atoms with Crippen molar-refractivity contribution in [2.45, 2.75) is 31.6 Å². The van der Waals surface area contributed by atoms with Gasteiger partial charge in [0.25, 0.3) is 0 Å². The maximum atomic E-state index is 12.4. The van der Waals surface area contributed by atoms with Gasteiger partial charge < -0.3 is 5.32 Å². The van der Waals surface area contributed by atoms with Gasteiger partial charge in [0, 0.05) is 28.0 Å². The minimum atomic E-state index is -0.209. The molecule has 0 atom stereocenters. The average Bonchev–Trinajstić information content (AvgIpc) is 2.74. The number of rotatable bonds is 7. The Morgan fingerprint density at radius 2 is 1.88 bits per heavy atom. The molecule has 0 aliphatic carbocycles. The van der Waals surface area contributed by atoms with E-state index in [1.54, 1.807) is 30.1 Å². The van der Waals surface area contributed by atoms with Gasteiger partial charge in [-0.05, 0) is 60.1 Å². The first kappa shape index (κ1) is 24.1. The van der Waals surface area contributed by atoms with Gasteiger partial charge >= 0.3 is 0 Å². The number of nitriles is 1. The van der Waals surface area contributed by atoms with Gasteiger partial charge in [-0.25, -0.2) is 0 Å². The summed E-state index contributed by atoms with van der Waals surface area (Å²) < 4.78 is 0. The summed E-state index contributed by atoms with van der Waals surface area (Å²) >= 11 is 14.7. The maximum Gasteiger partial charge on any atom is 0.230 e. The second-order valence-corrected chi connectivity index (χ2v) is 9.50. The SMILES string of the molecule is CSc1ccc(CC(=O)Nc2cc(Cl)c(-c3ccc(CC(C)C)c(C#N)c3)c(Cl)c2)nc1. The number of aromatic nitrogens is 1. The number of hydrogen-bond acceptors (Lipinski definition) is 4. The predicted octanol–water partition coefficient (Wildman–Crippen LogP) is 7.03. The fourth-order valence-electron chi connectivity index (χ4n) is 3.38. The van der Waals surface area contributed by atoms with E-state index in [0.29, 0.717) is 38.5 Å². The number of halogens is 2. The lowest BCUT2D eigenvalue weighted by Crippen LogP contribution is -2.15. The fourth-order valence-corrected chi connectivity index (χ4v) is 4.45. The Morgan fingerprint density at radius 3 is 2.44 bits per heavy atom. The van der Waals surface area contributed by atoms with Gasteiger partial charge in [0.2, 0.25) is 5.91 Å². The van der Waals surface area contributed by atoms with Crippen molar-refractivity contribution < 1.29 is 4.79 Å². The van der Waals surface area contributed by atoms with Crippen LogP contribution in [0.1, 0.15) is 30.7 Å². The highest BCUT2D eigenvalue weighted by Crippen LogP contribution is 2.38. The Balaban J connectivity index is 1.80. The van der Waals surface area contributed by atoms with Gasteiger partial charge in [-0.2, -0.15) is 5.26 Å². The second-order valence-electron chi connectivity index (χ2n) is 7.81. The summed E-state index contributed by atoms with van der Waals surface area (Å²) in [6.07, 6.45) is 4.69. The molecule has 1 heterocycles. The van der Waals surface area contributed by atoms with Crippen molar-refractivity contribution in [2.24, 2.45) is 5.92 Å². The van der Waals surface area contributed by atoms with Crippen LogP contribution in [0.25, 0.3) is 11.1 Å². The molecule has 0 spiro atoms. The molecule has 0 saturated carbocycles. The summed E-state index contributed by atoms with van der Waals surface area (Å²) in [5.74, 6) is 0.237. The van der Waals surface area contributed by atoms with Crippen LogP contribution in [0.4, 0.5) is 5.69 Å². The first-order valence-corrected chi connectivity index (χ1v) is 12.1. The molecule has 7 heteroatoms. The normalized spacial score (nSPS) is 10.8. The van der Waals surface area contributed by atoms with Crippen LogP contribution in [0.3, 0.4) is 0 Å². The summed E-state index contributed by atoms with van der Waals surface area (Å²) in [7, 11) is 0. The molecule has 0 fully saturated rings. The van der Waals surface area contributed by atoms with Crippen molar-refractivity contribution in [2.75, 3.05) is 11.6 Å². The molecule has 164 valence electrons. The lowest BCUT2D eigenvalue weighted by atomic mass is 9.94. The van der Waals surface area contributed by atoms with Crippen molar-refractivity contribution in [3.05, 3.63) is 75.5 Å². The first-order valence-electron chi connectivity index (χ1n) is 10.1. The van der Waals surface area contributed by atoms with E-state index in [0.717, 1.165) is 22.4 Å². The Labute approximate surface area is 203 Å². The molecule has 3 rings (SSSR count). The third-order valence-electron chi connectivity index (χ3n) is 4.85. The number of thioether (sulfide) groups is 1. The predicted molar refractivity (Wildman–Crippen MR) is 134 cm³/mol. The van der Waals surface area contributed by atoms with Crippen LogP contribution in [0.5, 0.6) is 0 Å². The molecule has 1 amide bonds. The zero-order valence-electron chi connectivity index (χ0n) is 18.1. The van der Waals surface area contributed by atoms with Crippen LogP contribution in [0.15, 0.2) is 53.6 Å². The highest BCUT2D eigenvalue weighted by atomic mass is 35.5. The summed E-state index contributed by atoms with van der Waals surface area (Å²) in [6, 6.07) is 15.1. The molecule has 0 radical (unpaired) electrons. The van der Waals surface area contributed by atoms with E-state index in [1.807, 2.05) is 36.6 Å². The lowest BCUT2D eigenvalue weighted by Gasteiger charge is -2.13. The molecule has 3 aromatic rings. The minimum Gasteiger partial charge on any atom is -0.326 e. The smallest absolute Gasteiger partial charge is 0.230 e. The van der Waals surface area contributed by atoms with Gasteiger partial charge in [-0.15, -0.1) is 11.8 Å². The lowest BCUT2D eigenvalue weighted by molar-refractivity contribution is -0.115. The Hall–Kier alpha value is -2.52. The molecule has 1 aromatic heterocycles. The third-order valence-corrected chi connectivity index (χ3v) is 6.16. The van der Waals surface area contributed by atoms with Crippen LogP contribution < -0.4 is 5.32 Å². The largest absolute Gasteiger partial charge is 0.326 e. The first-order chi connectivity index (χ1) is 15.3. The summed E-state index contributed by atoms with van der Waals surface area (Å²) in [5.41, 5.74) is 4.20. The standard InChI is InChI=1S/C25H23Cl2N3OS/c1-15(2)8-16-4-5-17(9-18(16)13-28)25-22(26)10-20(11-23(25)27)30-24(31)12-19-6-7-21(32-3)14-29-19/h4-7,9-11,14-15H,8,12H2,1-3H3,(H,30,31). The van der Waals surface area contributed by atoms with E-state index in [2.05, 4.69) is 30.2 Å². The van der Waals surface area contributed by atoms with Gasteiger partial charge in [-0.3, -0.25) is 9.78 Å². The molecular weight excluding hydrogens is 461 g/mol. The zero-order chi connectivity index (χ0) is 23.3. The van der Waals surface area contributed by atoms with E-state index in [4.69, 9.17) is 23.2 Å². The molecule has 32 heavy (non-hydrogen) atoms. The van der Waals surface area contributed by atoms with Gasteiger partial charge in [-0.1, -0.05) is 49.2 Å².